The van der Waals surface area contributed by atoms with Crippen molar-refractivity contribution in [3.63, 3.8) is 0 Å². The maximum atomic E-state index is 12.6. The van der Waals surface area contributed by atoms with Crippen LogP contribution in [0.25, 0.3) is 10.2 Å². The molecule has 2 amide bonds. The summed E-state index contributed by atoms with van der Waals surface area (Å²) in [6, 6.07) is 0.100. The van der Waals surface area contributed by atoms with Crippen LogP contribution < -0.4 is 16.2 Å². The number of rotatable bonds is 4. The summed E-state index contributed by atoms with van der Waals surface area (Å²) in [6.07, 6.45) is 6.11. The van der Waals surface area contributed by atoms with Crippen molar-refractivity contribution in [2.75, 3.05) is 6.54 Å². The van der Waals surface area contributed by atoms with E-state index in [1.807, 2.05) is 20.8 Å². The minimum absolute atomic E-state index is 0.0812. The lowest BCUT2D eigenvalue weighted by atomic mass is 9.86. The largest absolute Gasteiger partial charge is 0.444 e. The fraction of sp³-hybridized carbons (Fsp3) is 0.636. The maximum absolute atomic E-state index is 12.6. The maximum Gasteiger partial charge on any atom is 0.407 e. The number of alkyl carbamates (subject to hydrolysis) is 1. The van der Waals surface area contributed by atoms with Crippen molar-refractivity contribution in [1.82, 2.24) is 20.6 Å². The van der Waals surface area contributed by atoms with Crippen LogP contribution in [0.4, 0.5) is 4.79 Å². The van der Waals surface area contributed by atoms with Crippen LogP contribution >= 0.6 is 11.3 Å². The number of aromatic amines is 1. The second-order valence-corrected chi connectivity index (χ2v) is 10.6. The Morgan fingerprint density at radius 1 is 1.19 bits per heavy atom. The molecule has 4 rings (SSSR count). The van der Waals surface area contributed by atoms with Gasteiger partial charge in [-0.15, -0.1) is 11.3 Å². The van der Waals surface area contributed by atoms with Crippen molar-refractivity contribution >= 4 is 33.6 Å². The highest BCUT2D eigenvalue weighted by Gasteiger charge is 2.26. The summed E-state index contributed by atoms with van der Waals surface area (Å²) in [6.45, 7) is 6.06. The van der Waals surface area contributed by atoms with Crippen LogP contribution in [-0.4, -0.2) is 40.2 Å². The van der Waals surface area contributed by atoms with Gasteiger partial charge in [0.25, 0.3) is 11.5 Å². The molecule has 2 aromatic heterocycles. The molecule has 31 heavy (non-hydrogen) atoms. The zero-order valence-corrected chi connectivity index (χ0v) is 19.1. The lowest BCUT2D eigenvalue weighted by Gasteiger charge is -2.30. The van der Waals surface area contributed by atoms with Crippen LogP contribution in [0.3, 0.4) is 0 Å². The molecule has 0 radical (unpaired) electrons. The molecule has 0 aliphatic heterocycles. The average Bonchev–Trinajstić information content (AvgIpc) is 3.26. The Hall–Kier alpha value is -2.42. The summed E-state index contributed by atoms with van der Waals surface area (Å²) in [4.78, 5) is 46.0. The number of thiophene rings is 1. The van der Waals surface area contributed by atoms with Crippen LogP contribution in [0.5, 0.6) is 0 Å². The van der Waals surface area contributed by atoms with Crippen molar-refractivity contribution in [3.8, 4) is 0 Å². The van der Waals surface area contributed by atoms with Gasteiger partial charge in [-0.1, -0.05) is 0 Å². The molecular formula is C22H30N4O4S. The van der Waals surface area contributed by atoms with Gasteiger partial charge in [0.2, 0.25) is 5.82 Å². The molecule has 1 fully saturated rings. The van der Waals surface area contributed by atoms with Gasteiger partial charge in [-0.05, 0) is 77.2 Å². The summed E-state index contributed by atoms with van der Waals surface area (Å²) in [7, 11) is 0. The smallest absolute Gasteiger partial charge is 0.407 e. The normalized spacial score (nSPS) is 21.0. The van der Waals surface area contributed by atoms with Crippen molar-refractivity contribution in [3.05, 3.63) is 26.6 Å². The van der Waals surface area contributed by atoms with Gasteiger partial charge in [0.05, 0.1) is 5.39 Å². The molecule has 9 heteroatoms. The second kappa shape index (κ2) is 8.61. The quantitative estimate of drug-likeness (QED) is 0.667. The third kappa shape index (κ3) is 5.08. The molecule has 168 valence electrons. The number of nitrogens with zero attached hydrogens (tertiary/aromatic N) is 1. The van der Waals surface area contributed by atoms with Gasteiger partial charge in [0, 0.05) is 17.5 Å². The van der Waals surface area contributed by atoms with Crippen molar-refractivity contribution in [2.24, 2.45) is 5.92 Å². The van der Waals surface area contributed by atoms with Crippen LogP contribution in [0, 0.1) is 5.92 Å². The number of carbonyl (C=O) groups is 2. The standard InChI is InChI=1S/C22H30N4O4S/c1-22(2,3)30-21(29)24-13-9-7-12(8-10-13)11-23-19(28)17-25-18(27)16-14-5-4-6-15(14)31-20(16)26-17/h12-13H,4-11H2,1-3H3,(H,23,28)(H,24,29)(H,25,26,27)/t12-,13-. The molecule has 0 aromatic carbocycles. The Labute approximate surface area is 185 Å². The van der Waals surface area contributed by atoms with Crippen molar-refractivity contribution in [2.45, 2.75) is 77.4 Å². The van der Waals surface area contributed by atoms with Gasteiger partial charge in [-0.3, -0.25) is 9.59 Å². The number of amides is 2. The third-order valence-corrected chi connectivity index (χ3v) is 7.09. The monoisotopic (exact) mass is 446 g/mol. The third-order valence-electron chi connectivity index (χ3n) is 5.91. The summed E-state index contributed by atoms with van der Waals surface area (Å²) in [5.74, 6) is 0.0703. The number of fused-ring (bicyclic) bond motifs is 3. The number of carbonyl (C=O) groups excluding carboxylic acids is 2. The molecule has 2 heterocycles. The topological polar surface area (TPSA) is 113 Å². The minimum Gasteiger partial charge on any atom is -0.444 e. The molecule has 0 unspecified atom stereocenters. The number of nitrogens with one attached hydrogen (secondary N) is 3. The lowest BCUT2D eigenvalue weighted by Crippen LogP contribution is -2.42. The molecule has 0 spiro atoms. The number of H-pyrrole nitrogens is 1. The summed E-state index contributed by atoms with van der Waals surface area (Å²) in [5, 5.41) is 6.50. The fourth-order valence-corrected chi connectivity index (χ4v) is 5.68. The first kappa shape index (κ1) is 21.8. The Balaban J connectivity index is 1.28. The van der Waals surface area contributed by atoms with Crippen molar-refractivity contribution < 1.29 is 14.3 Å². The van der Waals surface area contributed by atoms with E-state index in [0.717, 1.165) is 50.5 Å². The predicted octanol–water partition coefficient (Wildman–Crippen LogP) is 3.29. The minimum atomic E-state index is -0.507. The molecule has 0 atom stereocenters. The van der Waals surface area contributed by atoms with Crippen LogP contribution in [0.1, 0.15) is 73.9 Å². The van der Waals surface area contributed by atoms with E-state index < -0.39 is 5.60 Å². The summed E-state index contributed by atoms with van der Waals surface area (Å²) >= 11 is 1.53. The Morgan fingerprint density at radius 2 is 1.94 bits per heavy atom. The highest BCUT2D eigenvalue weighted by molar-refractivity contribution is 7.18. The van der Waals surface area contributed by atoms with E-state index in [0.29, 0.717) is 22.7 Å². The molecule has 0 bridgehead atoms. The van der Waals surface area contributed by atoms with E-state index in [1.54, 1.807) is 0 Å². The number of hydrogen-bond donors (Lipinski definition) is 3. The molecule has 2 aromatic rings. The molecule has 8 nitrogen and oxygen atoms in total. The second-order valence-electron chi connectivity index (χ2n) is 9.53. The van der Waals surface area contributed by atoms with Gasteiger partial charge >= 0.3 is 6.09 Å². The number of ether oxygens (including phenoxy) is 1. The van der Waals surface area contributed by atoms with E-state index in [2.05, 4.69) is 20.6 Å². The zero-order chi connectivity index (χ0) is 22.2. The summed E-state index contributed by atoms with van der Waals surface area (Å²) in [5.41, 5.74) is 0.382. The fourth-order valence-electron chi connectivity index (χ4n) is 4.42. The molecular weight excluding hydrogens is 416 g/mol. The van der Waals surface area contributed by atoms with Crippen molar-refractivity contribution in [1.29, 1.82) is 0 Å². The predicted molar refractivity (Wildman–Crippen MR) is 120 cm³/mol. The van der Waals surface area contributed by atoms with E-state index in [-0.39, 0.29) is 29.4 Å². The molecule has 1 saturated carbocycles. The van der Waals surface area contributed by atoms with Gasteiger partial charge < -0.3 is 20.4 Å². The van der Waals surface area contributed by atoms with Crippen LogP contribution in [-0.2, 0) is 17.6 Å². The highest BCUT2D eigenvalue weighted by atomic mass is 32.1. The summed E-state index contributed by atoms with van der Waals surface area (Å²) < 4.78 is 5.31. The van der Waals surface area contributed by atoms with Gasteiger partial charge in [-0.25, -0.2) is 9.78 Å². The molecule has 0 saturated heterocycles. The van der Waals surface area contributed by atoms with Gasteiger partial charge in [0.15, 0.2) is 0 Å². The first-order valence-electron chi connectivity index (χ1n) is 11.0. The first-order valence-corrected chi connectivity index (χ1v) is 11.8. The molecule has 3 N–H and O–H groups in total. The number of aryl methyl sites for hydroxylation is 2. The average molecular weight is 447 g/mol. The molecule has 2 aliphatic rings. The lowest BCUT2D eigenvalue weighted by molar-refractivity contribution is 0.0487. The number of aromatic nitrogens is 2. The van der Waals surface area contributed by atoms with Crippen LogP contribution in [0.15, 0.2) is 4.79 Å². The molecule has 2 aliphatic carbocycles. The van der Waals surface area contributed by atoms with E-state index in [4.69, 9.17) is 4.74 Å². The SMILES string of the molecule is CC(C)(C)OC(=O)N[C@H]1CC[C@H](CNC(=O)c2nc3sc4c(c3c(=O)[nH]2)CCC4)CC1. The Bertz CT molecular complexity index is 1040. The zero-order valence-electron chi connectivity index (χ0n) is 18.3. The van der Waals surface area contributed by atoms with Gasteiger partial charge in [0.1, 0.15) is 10.4 Å². The number of hydrogen-bond acceptors (Lipinski definition) is 6. The first-order chi connectivity index (χ1) is 14.7. The van der Waals surface area contributed by atoms with Crippen LogP contribution in [0.2, 0.25) is 0 Å². The Kier molecular flexibility index (Phi) is 6.05. The Morgan fingerprint density at radius 3 is 2.65 bits per heavy atom. The van der Waals surface area contributed by atoms with E-state index >= 15 is 0 Å². The van der Waals surface area contributed by atoms with Gasteiger partial charge in [-0.2, -0.15) is 0 Å². The highest BCUT2D eigenvalue weighted by Crippen LogP contribution is 2.34. The van der Waals surface area contributed by atoms with E-state index in [1.165, 1.54) is 16.2 Å². The van der Waals surface area contributed by atoms with E-state index in [9.17, 15) is 14.4 Å².